The molecule has 6 rings (SSSR count). The molecule has 304 valence electrons. The molecule has 0 aliphatic rings. The van der Waals surface area contributed by atoms with Crippen LogP contribution in [0.4, 0.5) is 0 Å². The van der Waals surface area contributed by atoms with Crippen LogP contribution in [0.1, 0.15) is 72.7 Å². The van der Waals surface area contributed by atoms with Crippen LogP contribution >= 0.6 is 47.8 Å². The molecule has 0 saturated carbocycles. The highest BCUT2D eigenvalue weighted by molar-refractivity contribution is 9.11. The maximum Gasteiger partial charge on any atom is 0.308 e. The van der Waals surface area contributed by atoms with E-state index in [1.807, 2.05) is 67.6 Å². The maximum atomic E-state index is 11.1. The fraction of sp³-hybridized carbons (Fsp3) is 0.0962. The summed E-state index contributed by atoms with van der Waals surface area (Å²) >= 11 is 10.1. The summed E-state index contributed by atoms with van der Waals surface area (Å²) in [7, 11) is 0. The van der Waals surface area contributed by atoms with Gasteiger partial charge in [0.25, 0.3) is 0 Å². The van der Waals surface area contributed by atoms with Gasteiger partial charge in [-0.05, 0) is 128 Å². The summed E-state index contributed by atoms with van der Waals surface area (Å²) in [4.78, 5) is 32.8. The van der Waals surface area contributed by atoms with Crippen molar-refractivity contribution < 1.29 is 28.6 Å². The summed E-state index contributed by atoms with van der Waals surface area (Å²) < 4.78 is 18.2. The number of hydrogen-bond acceptors (Lipinski definition) is 6. The van der Waals surface area contributed by atoms with Crippen LogP contribution < -0.4 is 14.2 Å². The van der Waals surface area contributed by atoms with Gasteiger partial charge in [0.1, 0.15) is 17.2 Å². The van der Waals surface area contributed by atoms with E-state index in [2.05, 4.69) is 89.2 Å². The fourth-order valence-electron chi connectivity index (χ4n) is 4.76. The number of aryl methyl sites for hydroxylation is 1. The number of benzene rings is 6. The predicted molar refractivity (Wildman–Crippen MR) is 253 cm³/mol. The lowest BCUT2D eigenvalue weighted by Crippen LogP contribution is -2.00. The number of terminal acetylenes is 1. The van der Waals surface area contributed by atoms with Gasteiger partial charge in [-0.15, -0.1) is 6.42 Å². The van der Waals surface area contributed by atoms with E-state index in [0.717, 1.165) is 52.4 Å². The van der Waals surface area contributed by atoms with Crippen LogP contribution in [0.25, 0.3) is 0 Å². The summed E-state index contributed by atoms with van der Waals surface area (Å²) in [5.74, 6) is 22.0. The molecule has 6 aromatic rings. The molecule has 6 nitrogen and oxygen atoms in total. The molecule has 61 heavy (non-hydrogen) atoms. The minimum absolute atomic E-state index is 0. The monoisotopic (exact) mass is 996 g/mol. The van der Waals surface area contributed by atoms with Gasteiger partial charge < -0.3 is 14.2 Å². The molecular weight excluding hydrogens is 960 g/mol. The Morgan fingerprint density at radius 1 is 0.410 bits per heavy atom. The molecule has 0 amide bonds. The molecule has 0 unspecified atom stereocenters. The van der Waals surface area contributed by atoms with E-state index >= 15 is 0 Å². The lowest BCUT2D eigenvalue weighted by Gasteiger charge is -2.00. The summed E-state index contributed by atoms with van der Waals surface area (Å²) in [5.41, 5.74) is 6.76. The zero-order valence-electron chi connectivity index (χ0n) is 32.9. The first kappa shape index (κ1) is 48.8. The average molecular weight is 1000 g/mol. The summed E-state index contributed by atoms with van der Waals surface area (Å²) in [5, 5.41) is 0. The quantitative estimate of drug-likeness (QED) is 0.0998. The minimum Gasteiger partial charge on any atom is -0.427 e. The largest absolute Gasteiger partial charge is 0.427 e. The number of halogens is 3. The van der Waals surface area contributed by atoms with Gasteiger partial charge in [-0.1, -0.05) is 114 Å². The summed E-state index contributed by atoms with van der Waals surface area (Å²) in [6.45, 7) is 6.12. The van der Waals surface area contributed by atoms with Crippen molar-refractivity contribution in [3.8, 4) is 65.1 Å². The van der Waals surface area contributed by atoms with Gasteiger partial charge in [-0.25, -0.2) is 0 Å². The highest BCUT2D eigenvalue weighted by Gasteiger charge is 2.01. The van der Waals surface area contributed by atoms with E-state index in [9.17, 15) is 14.4 Å². The van der Waals surface area contributed by atoms with Crippen LogP contribution in [-0.2, 0) is 14.4 Å². The molecule has 0 fully saturated rings. The Morgan fingerprint density at radius 2 is 0.656 bits per heavy atom. The Morgan fingerprint density at radius 3 is 0.918 bits per heavy atom. The van der Waals surface area contributed by atoms with Crippen molar-refractivity contribution in [3.63, 3.8) is 0 Å². The first-order valence-electron chi connectivity index (χ1n) is 17.9. The second kappa shape index (κ2) is 25.1. The number of esters is 3. The van der Waals surface area contributed by atoms with Gasteiger partial charge in [0.15, 0.2) is 0 Å². The molecule has 0 aliphatic heterocycles. The highest BCUT2D eigenvalue weighted by Crippen LogP contribution is 2.23. The summed E-state index contributed by atoms with van der Waals surface area (Å²) in [6.07, 6.45) is 5.14. The molecule has 6 aromatic carbocycles. The van der Waals surface area contributed by atoms with E-state index < -0.39 is 0 Å². The van der Waals surface area contributed by atoms with Crippen molar-refractivity contribution >= 4 is 65.7 Å². The van der Waals surface area contributed by atoms with Crippen molar-refractivity contribution in [2.45, 2.75) is 35.1 Å². The first-order valence-corrected chi connectivity index (χ1v) is 20.3. The molecule has 0 heterocycles. The molecule has 0 atom stereocenters. The molecule has 0 aliphatic carbocycles. The second-order valence-electron chi connectivity index (χ2n) is 12.5. The SMILES string of the molecule is Brc1cc(Br)cc(Br)c1.C.C#Cc1ccc(OC(C)=O)cc1.CC(=O)Oc1ccc(C#Cc2cc(C#Cc3ccc(C)cc3)cc(C#Cc3ccc(OC(C)=O)cc3)c2)cc1. The molecule has 0 N–H and O–H groups in total. The van der Waals surface area contributed by atoms with Gasteiger partial charge in [-0.2, -0.15) is 0 Å². The van der Waals surface area contributed by atoms with E-state index in [-0.39, 0.29) is 25.3 Å². The first-order chi connectivity index (χ1) is 28.7. The standard InChI is InChI=1S/C35H24O4.C10H8O2.C6H3Br3.CH4/c1-25-4-6-28(7-5-25)8-11-31-22-32(12-9-29-14-18-34(19-15-29)38-26(2)36)24-33(23-31)13-10-30-16-20-35(21-17-30)39-27(3)37;1-3-9-4-6-10(7-5-9)12-8(2)11;7-4-1-5(8)3-6(9)2-4;/h4-7,14-24H,1-3H3;1,4-7H,2H3;1-3H;1H4. The van der Waals surface area contributed by atoms with Crippen molar-refractivity contribution in [2.75, 3.05) is 0 Å². The zero-order chi connectivity index (χ0) is 43.4. The minimum atomic E-state index is -0.369. The van der Waals surface area contributed by atoms with Crippen molar-refractivity contribution in [2.24, 2.45) is 0 Å². The normalized spacial score (nSPS) is 9.21. The molecule has 0 spiro atoms. The van der Waals surface area contributed by atoms with Crippen LogP contribution in [0.15, 0.2) is 147 Å². The lowest BCUT2D eigenvalue weighted by molar-refractivity contribution is -0.132. The van der Waals surface area contributed by atoms with Crippen LogP contribution in [0.5, 0.6) is 17.2 Å². The predicted octanol–water partition coefficient (Wildman–Crippen LogP) is 12.2. The van der Waals surface area contributed by atoms with Gasteiger partial charge in [0.05, 0.1) is 0 Å². The Bertz CT molecular complexity index is 2550. The molecule has 9 heteroatoms. The van der Waals surface area contributed by atoms with Crippen molar-refractivity contribution in [1.82, 2.24) is 0 Å². The van der Waals surface area contributed by atoms with Crippen LogP contribution in [-0.4, -0.2) is 17.9 Å². The fourth-order valence-corrected chi connectivity index (χ4v) is 7.17. The van der Waals surface area contributed by atoms with Gasteiger partial charge in [0, 0.05) is 73.1 Å². The van der Waals surface area contributed by atoms with Gasteiger partial charge >= 0.3 is 17.9 Å². The molecule has 0 radical (unpaired) electrons. The van der Waals surface area contributed by atoms with Crippen LogP contribution in [0.2, 0.25) is 0 Å². The van der Waals surface area contributed by atoms with Gasteiger partial charge in [-0.3, -0.25) is 14.4 Å². The molecular formula is C52H39Br3O6. The summed E-state index contributed by atoms with van der Waals surface area (Å²) in [6, 6.07) is 40.6. The average Bonchev–Trinajstić information content (AvgIpc) is 3.20. The maximum absolute atomic E-state index is 11.1. The topological polar surface area (TPSA) is 78.9 Å². The van der Waals surface area contributed by atoms with E-state index in [1.165, 1.54) is 26.3 Å². The van der Waals surface area contributed by atoms with Crippen molar-refractivity contribution in [1.29, 1.82) is 0 Å². The smallest absolute Gasteiger partial charge is 0.308 e. The number of hydrogen-bond donors (Lipinski definition) is 0. The Balaban J connectivity index is 0.000000367. The highest BCUT2D eigenvalue weighted by atomic mass is 79.9. The number of rotatable bonds is 3. The third-order valence-electron chi connectivity index (χ3n) is 7.38. The second-order valence-corrected chi connectivity index (χ2v) is 15.2. The Labute approximate surface area is 383 Å². The molecule has 0 saturated heterocycles. The van der Waals surface area contributed by atoms with Crippen LogP contribution in [0, 0.1) is 54.8 Å². The Kier molecular flexibility index (Phi) is 20.1. The van der Waals surface area contributed by atoms with Crippen molar-refractivity contribution in [3.05, 3.63) is 191 Å². The van der Waals surface area contributed by atoms with E-state index in [0.29, 0.717) is 17.2 Å². The number of carbonyl (C=O) groups excluding carboxylic acids is 3. The number of carbonyl (C=O) groups is 3. The van der Waals surface area contributed by atoms with Crippen LogP contribution in [0.3, 0.4) is 0 Å². The van der Waals surface area contributed by atoms with E-state index in [1.54, 1.807) is 72.8 Å². The van der Waals surface area contributed by atoms with E-state index in [4.69, 9.17) is 20.6 Å². The third kappa shape index (κ3) is 18.9. The Hall–Kier alpha value is -6.59. The zero-order valence-corrected chi connectivity index (χ0v) is 37.6. The molecule has 0 aromatic heterocycles. The third-order valence-corrected chi connectivity index (χ3v) is 8.75. The molecule has 0 bridgehead atoms. The van der Waals surface area contributed by atoms with Gasteiger partial charge in [0.2, 0.25) is 0 Å². The lowest BCUT2D eigenvalue weighted by atomic mass is 10.0. The number of ether oxygens (including phenoxy) is 3.